The summed E-state index contributed by atoms with van der Waals surface area (Å²) in [5.74, 6) is 0.781. The quantitative estimate of drug-likeness (QED) is 0.658. The molecule has 0 bridgehead atoms. The van der Waals surface area contributed by atoms with Crippen LogP contribution in [0.4, 0.5) is 5.69 Å². The number of nitrogens with zero attached hydrogens (tertiary/aromatic N) is 4. The Morgan fingerprint density at radius 3 is 2.43 bits per heavy atom. The van der Waals surface area contributed by atoms with Crippen LogP contribution in [0.25, 0.3) is 0 Å². The molecule has 2 aromatic rings. The third-order valence-electron chi connectivity index (χ3n) is 3.99. The van der Waals surface area contributed by atoms with Gasteiger partial charge in [-0.25, -0.2) is 12.7 Å². The van der Waals surface area contributed by atoms with Gasteiger partial charge in [0.25, 0.3) is 0 Å². The molecule has 0 radical (unpaired) electrons. The van der Waals surface area contributed by atoms with Gasteiger partial charge in [0, 0.05) is 32.7 Å². The summed E-state index contributed by atoms with van der Waals surface area (Å²) < 4.78 is 27.7. The van der Waals surface area contributed by atoms with Crippen LogP contribution in [0.15, 0.2) is 28.3 Å². The normalized spacial score (nSPS) is 13.2. The zero-order valence-electron chi connectivity index (χ0n) is 16.6. The number of hydrogen-bond acceptors (Lipinski definition) is 6. The minimum atomic E-state index is -3.72. The van der Waals surface area contributed by atoms with E-state index in [1.807, 2.05) is 25.5 Å². The maximum atomic E-state index is 12.6. The van der Waals surface area contributed by atoms with Crippen LogP contribution in [0.3, 0.4) is 0 Å². The number of rotatable bonds is 7. The number of halogens is 1. The highest BCUT2D eigenvalue weighted by molar-refractivity contribution is 8.00. The number of anilines is 1. The van der Waals surface area contributed by atoms with Crippen LogP contribution in [0.5, 0.6) is 0 Å². The van der Waals surface area contributed by atoms with Gasteiger partial charge in [-0.15, -0.1) is 10.2 Å². The molecule has 1 aromatic carbocycles. The van der Waals surface area contributed by atoms with Crippen molar-refractivity contribution >= 4 is 45.0 Å². The van der Waals surface area contributed by atoms with Gasteiger partial charge in [0.2, 0.25) is 15.9 Å². The van der Waals surface area contributed by atoms with Gasteiger partial charge in [0.1, 0.15) is 10.7 Å². The standard InChI is InChI=1S/C17H24ClN5O3S2/c1-10(2)15-20-21-17(23(15)6)27-11(3)16(24)19-12-7-8-13(18)14(9-12)28(25,26)22(4)5/h7-11H,1-6H3,(H,19,24). The Morgan fingerprint density at radius 2 is 1.89 bits per heavy atom. The third kappa shape index (κ3) is 4.86. The molecule has 1 unspecified atom stereocenters. The molecule has 0 saturated heterocycles. The molecule has 2 rings (SSSR count). The molecule has 1 heterocycles. The first kappa shape index (κ1) is 22.7. The lowest BCUT2D eigenvalue weighted by Gasteiger charge is -2.15. The molecule has 0 saturated carbocycles. The van der Waals surface area contributed by atoms with Crippen molar-refractivity contribution in [3.8, 4) is 0 Å². The van der Waals surface area contributed by atoms with Gasteiger partial charge in [-0.2, -0.15) is 0 Å². The molecule has 1 atom stereocenters. The minimum Gasteiger partial charge on any atom is -0.325 e. The number of hydrogen-bond donors (Lipinski definition) is 1. The molecular formula is C17H24ClN5O3S2. The second-order valence-corrected chi connectivity index (χ2v) is 10.6. The Labute approximate surface area is 174 Å². The summed E-state index contributed by atoms with van der Waals surface area (Å²) in [4.78, 5) is 12.5. The second kappa shape index (κ2) is 8.81. The van der Waals surface area contributed by atoms with Gasteiger partial charge in [-0.1, -0.05) is 37.2 Å². The molecule has 1 amide bonds. The van der Waals surface area contributed by atoms with E-state index in [2.05, 4.69) is 15.5 Å². The molecule has 1 aromatic heterocycles. The zero-order chi connectivity index (χ0) is 21.2. The fourth-order valence-corrected chi connectivity index (χ4v) is 4.58. The summed E-state index contributed by atoms with van der Waals surface area (Å²) in [6.07, 6.45) is 0. The number of sulfonamides is 1. The molecule has 28 heavy (non-hydrogen) atoms. The average Bonchev–Trinajstić information content (AvgIpc) is 2.97. The summed E-state index contributed by atoms with van der Waals surface area (Å²) in [6.45, 7) is 5.79. The van der Waals surface area contributed by atoms with Crippen molar-refractivity contribution in [3.05, 3.63) is 29.0 Å². The fourth-order valence-electron chi connectivity index (χ4n) is 2.36. The van der Waals surface area contributed by atoms with Gasteiger partial charge in [0.15, 0.2) is 5.16 Å². The third-order valence-corrected chi connectivity index (χ3v) is 7.42. The van der Waals surface area contributed by atoms with Crippen LogP contribution in [0.1, 0.15) is 32.5 Å². The number of amides is 1. The maximum Gasteiger partial charge on any atom is 0.244 e. The Balaban J connectivity index is 2.17. The summed E-state index contributed by atoms with van der Waals surface area (Å²) in [5.41, 5.74) is 0.350. The monoisotopic (exact) mass is 445 g/mol. The Bertz CT molecular complexity index is 973. The molecule has 0 aliphatic rings. The van der Waals surface area contributed by atoms with Crippen LogP contribution in [-0.2, 0) is 21.9 Å². The Morgan fingerprint density at radius 1 is 1.25 bits per heavy atom. The lowest BCUT2D eigenvalue weighted by molar-refractivity contribution is -0.115. The van der Waals surface area contributed by atoms with E-state index >= 15 is 0 Å². The summed E-state index contributed by atoms with van der Waals surface area (Å²) in [5, 5.41) is 11.3. The highest BCUT2D eigenvalue weighted by atomic mass is 35.5. The minimum absolute atomic E-state index is 0.0628. The van der Waals surface area contributed by atoms with E-state index < -0.39 is 15.3 Å². The maximum absolute atomic E-state index is 12.6. The van der Waals surface area contributed by atoms with E-state index in [1.165, 1.54) is 38.0 Å². The first-order valence-electron chi connectivity index (χ1n) is 8.54. The summed E-state index contributed by atoms with van der Waals surface area (Å²) >= 11 is 7.31. The molecule has 11 heteroatoms. The zero-order valence-corrected chi connectivity index (χ0v) is 19.0. The molecule has 0 spiro atoms. The highest BCUT2D eigenvalue weighted by Gasteiger charge is 2.23. The number of benzene rings is 1. The largest absolute Gasteiger partial charge is 0.325 e. The number of carbonyl (C=O) groups excluding carboxylic acids is 1. The molecule has 0 aliphatic carbocycles. The van der Waals surface area contributed by atoms with E-state index in [1.54, 1.807) is 13.0 Å². The number of aromatic nitrogens is 3. The van der Waals surface area contributed by atoms with Crippen molar-refractivity contribution < 1.29 is 13.2 Å². The van der Waals surface area contributed by atoms with E-state index in [0.717, 1.165) is 10.1 Å². The number of thioether (sulfide) groups is 1. The van der Waals surface area contributed by atoms with Crippen LogP contribution in [0, 0.1) is 0 Å². The smallest absolute Gasteiger partial charge is 0.244 e. The molecular weight excluding hydrogens is 422 g/mol. The first-order chi connectivity index (χ1) is 12.9. The van der Waals surface area contributed by atoms with Crippen LogP contribution < -0.4 is 5.32 Å². The van der Waals surface area contributed by atoms with Crippen molar-refractivity contribution in [2.75, 3.05) is 19.4 Å². The average molecular weight is 446 g/mol. The summed E-state index contributed by atoms with van der Waals surface area (Å²) in [6, 6.07) is 4.36. The Hall–Kier alpha value is -1.62. The fraction of sp³-hybridized carbons (Fsp3) is 0.471. The Kier molecular flexibility index (Phi) is 7.13. The van der Waals surface area contributed by atoms with E-state index in [-0.39, 0.29) is 21.7 Å². The van der Waals surface area contributed by atoms with Gasteiger partial charge in [-0.3, -0.25) is 4.79 Å². The highest BCUT2D eigenvalue weighted by Crippen LogP contribution is 2.28. The topological polar surface area (TPSA) is 97.2 Å². The molecule has 1 N–H and O–H groups in total. The predicted octanol–water partition coefficient (Wildman–Crippen LogP) is 2.96. The first-order valence-corrected chi connectivity index (χ1v) is 11.2. The lowest BCUT2D eigenvalue weighted by Crippen LogP contribution is -2.24. The van der Waals surface area contributed by atoms with Crippen LogP contribution in [0.2, 0.25) is 5.02 Å². The van der Waals surface area contributed by atoms with E-state index in [0.29, 0.717) is 10.8 Å². The van der Waals surface area contributed by atoms with Crippen molar-refractivity contribution in [2.45, 2.75) is 42.0 Å². The SMILES string of the molecule is CC(Sc1nnc(C(C)C)n1C)C(=O)Nc1ccc(Cl)c(S(=O)(=O)N(C)C)c1. The molecule has 154 valence electrons. The van der Waals surface area contributed by atoms with Crippen LogP contribution in [-0.4, -0.2) is 52.7 Å². The van der Waals surface area contributed by atoms with Crippen molar-refractivity contribution in [3.63, 3.8) is 0 Å². The molecule has 8 nitrogen and oxygen atoms in total. The summed E-state index contributed by atoms with van der Waals surface area (Å²) in [7, 11) is 0.976. The second-order valence-electron chi connectivity index (χ2n) is 6.74. The predicted molar refractivity (Wildman–Crippen MR) is 111 cm³/mol. The molecule has 0 aliphatic heterocycles. The lowest BCUT2D eigenvalue weighted by atomic mass is 10.2. The number of nitrogens with one attached hydrogen (secondary N) is 1. The van der Waals surface area contributed by atoms with Gasteiger partial charge >= 0.3 is 0 Å². The van der Waals surface area contributed by atoms with Gasteiger partial charge in [-0.05, 0) is 25.1 Å². The van der Waals surface area contributed by atoms with Gasteiger partial charge in [0.05, 0.1) is 10.3 Å². The van der Waals surface area contributed by atoms with E-state index in [4.69, 9.17) is 11.6 Å². The van der Waals surface area contributed by atoms with Crippen molar-refractivity contribution in [1.29, 1.82) is 0 Å². The van der Waals surface area contributed by atoms with Gasteiger partial charge < -0.3 is 9.88 Å². The van der Waals surface area contributed by atoms with Crippen molar-refractivity contribution in [1.82, 2.24) is 19.1 Å². The molecule has 0 fully saturated rings. The number of carbonyl (C=O) groups is 1. The van der Waals surface area contributed by atoms with Crippen molar-refractivity contribution in [2.24, 2.45) is 7.05 Å². The van der Waals surface area contributed by atoms with E-state index in [9.17, 15) is 13.2 Å². The van der Waals surface area contributed by atoms with Crippen LogP contribution >= 0.6 is 23.4 Å².